The molecule has 0 aromatic rings. The zero-order valence-electron chi connectivity index (χ0n) is 15.5. The maximum atomic E-state index is 12.3. The number of aliphatic hydroxyl groups is 2. The lowest BCUT2D eigenvalue weighted by Gasteiger charge is -2.61. The molecule has 0 saturated heterocycles. The minimum atomic E-state index is -0.389. The van der Waals surface area contributed by atoms with E-state index in [1.54, 1.807) is 0 Å². The largest absolute Gasteiger partial charge is 0.393 e. The predicted molar refractivity (Wildman–Crippen MR) is 93.7 cm³/mol. The summed E-state index contributed by atoms with van der Waals surface area (Å²) in [6.45, 7) is 4.12. The normalized spacial score (nSPS) is 52.2. The Hall–Kier alpha value is -0.740. The highest BCUT2D eigenvalue weighted by Crippen LogP contribution is 2.67. The number of aliphatic hydroxyl groups excluding tert-OH is 2. The van der Waals surface area contributed by atoms with Crippen molar-refractivity contribution in [2.24, 2.45) is 40.4 Å². The van der Waals surface area contributed by atoms with Gasteiger partial charge in [-0.1, -0.05) is 13.8 Å². The molecule has 0 spiro atoms. The Bertz CT molecular complexity index is 586. The van der Waals surface area contributed by atoms with Crippen LogP contribution in [0.4, 0.5) is 0 Å². The van der Waals surface area contributed by atoms with Gasteiger partial charge in [0.1, 0.15) is 12.4 Å². The first-order chi connectivity index (χ1) is 11.8. The van der Waals surface area contributed by atoms with E-state index >= 15 is 0 Å². The van der Waals surface area contributed by atoms with Gasteiger partial charge in [0.15, 0.2) is 5.78 Å². The molecule has 0 heterocycles. The van der Waals surface area contributed by atoms with E-state index in [0.29, 0.717) is 42.8 Å². The Morgan fingerprint density at radius 3 is 2.64 bits per heavy atom. The van der Waals surface area contributed by atoms with Crippen LogP contribution in [0.2, 0.25) is 0 Å². The summed E-state index contributed by atoms with van der Waals surface area (Å²) in [6, 6.07) is 0. The molecule has 1 unspecified atom stereocenters. The average molecular weight is 348 g/mol. The minimum absolute atomic E-state index is 0.0428. The Morgan fingerprint density at radius 1 is 1.16 bits per heavy atom. The second-order valence-electron chi connectivity index (χ2n) is 9.85. The van der Waals surface area contributed by atoms with Crippen LogP contribution in [0.25, 0.3) is 0 Å². The van der Waals surface area contributed by atoms with E-state index < -0.39 is 0 Å². The highest BCUT2D eigenvalue weighted by Gasteiger charge is 2.63. The van der Waals surface area contributed by atoms with Crippen molar-refractivity contribution in [1.82, 2.24) is 0 Å². The van der Waals surface area contributed by atoms with Gasteiger partial charge in [-0.25, -0.2) is 0 Å². The van der Waals surface area contributed by atoms with Crippen LogP contribution in [0.15, 0.2) is 0 Å². The number of fused-ring (bicyclic) bond motifs is 5. The molecule has 0 bridgehead atoms. The SMILES string of the molecule is C[C@]12C[C@H](O)[C@H]3[C@@H](CCC4CC(=O)CC[C@@]43C)[C@@H]1CC[C@@H]2C(=O)CO. The summed E-state index contributed by atoms with van der Waals surface area (Å²) in [4.78, 5) is 24.3. The van der Waals surface area contributed by atoms with Gasteiger partial charge < -0.3 is 10.2 Å². The van der Waals surface area contributed by atoms with E-state index in [2.05, 4.69) is 13.8 Å². The van der Waals surface area contributed by atoms with Crippen molar-refractivity contribution in [2.45, 2.75) is 71.3 Å². The van der Waals surface area contributed by atoms with Gasteiger partial charge >= 0.3 is 0 Å². The number of ketones is 2. The third-order valence-electron chi connectivity index (χ3n) is 8.95. The molecule has 4 heteroatoms. The van der Waals surface area contributed by atoms with Crippen molar-refractivity contribution >= 4 is 11.6 Å². The minimum Gasteiger partial charge on any atom is -0.393 e. The van der Waals surface area contributed by atoms with Crippen LogP contribution in [0.1, 0.15) is 65.2 Å². The first kappa shape index (κ1) is 17.7. The van der Waals surface area contributed by atoms with Crippen LogP contribution >= 0.6 is 0 Å². The summed E-state index contributed by atoms with van der Waals surface area (Å²) in [7, 11) is 0. The molecule has 0 amide bonds. The van der Waals surface area contributed by atoms with Gasteiger partial charge in [-0.3, -0.25) is 9.59 Å². The van der Waals surface area contributed by atoms with Gasteiger partial charge in [-0.15, -0.1) is 0 Å². The van der Waals surface area contributed by atoms with Gasteiger partial charge in [-0.2, -0.15) is 0 Å². The second-order valence-corrected chi connectivity index (χ2v) is 9.85. The van der Waals surface area contributed by atoms with Crippen molar-refractivity contribution in [3.8, 4) is 0 Å². The van der Waals surface area contributed by atoms with Crippen molar-refractivity contribution < 1.29 is 19.8 Å². The summed E-state index contributed by atoms with van der Waals surface area (Å²) < 4.78 is 0. The van der Waals surface area contributed by atoms with Crippen LogP contribution in [-0.2, 0) is 9.59 Å². The van der Waals surface area contributed by atoms with Crippen molar-refractivity contribution in [1.29, 1.82) is 0 Å². The fourth-order valence-electron chi connectivity index (χ4n) is 7.81. The lowest BCUT2D eigenvalue weighted by molar-refractivity contribution is -0.174. The monoisotopic (exact) mass is 348 g/mol. The Kier molecular flexibility index (Phi) is 4.16. The van der Waals surface area contributed by atoms with Crippen LogP contribution < -0.4 is 0 Å². The Balaban J connectivity index is 1.66. The number of rotatable bonds is 2. The molecule has 8 atom stereocenters. The number of hydrogen-bond donors (Lipinski definition) is 2. The molecule has 2 N–H and O–H groups in total. The number of hydrogen-bond acceptors (Lipinski definition) is 4. The molecular formula is C21H32O4. The average Bonchev–Trinajstić information content (AvgIpc) is 2.91. The predicted octanol–water partition coefficient (Wildman–Crippen LogP) is 2.75. The topological polar surface area (TPSA) is 74.6 Å². The van der Waals surface area contributed by atoms with E-state index in [9.17, 15) is 19.8 Å². The molecule has 4 aliphatic carbocycles. The molecule has 4 rings (SSSR count). The van der Waals surface area contributed by atoms with Crippen LogP contribution in [0, 0.1) is 40.4 Å². The number of Topliss-reactive ketones (excluding diaryl/α,β-unsaturated/α-hetero) is 2. The van der Waals surface area contributed by atoms with Crippen molar-refractivity contribution in [2.75, 3.05) is 6.61 Å². The van der Waals surface area contributed by atoms with Gasteiger partial charge in [-0.05, 0) is 73.0 Å². The fourth-order valence-corrected chi connectivity index (χ4v) is 7.81. The molecule has 0 aromatic heterocycles. The van der Waals surface area contributed by atoms with Crippen LogP contribution in [0.3, 0.4) is 0 Å². The maximum Gasteiger partial charge on any atom is 0.161 e. The third kappa shape index (κ3) is 2.39. The molecule has 4 nitrogen and oxygen atoms in total. The quantitative estimate of drug-likeness (QED) is 0.805. The molecular weight excluding hydrogens is 316 g/mol. The second kappa shape index (κ2) is 5.88. The first-order valence-corrected chi connectivity index (χ1v) is 10.1. The summed E-state index contributed by atoms with van der Waals surface area (Å²) in [5, 5.41) is 20.6. The molecule has 0 aliphatic heterocycles. The zero-order valence-corrected chi connectivity index (χ0v) is 15.5. The molecule has 4 aliphatic rings. The molecule has 4 fully saturated rings. The number of carbonyl (C=O) groups excluding carboxylic acids is 2. The molecule has 4 saturated carbocycles. The van der Waals surface area contributed by atoms with E-state index in [0.717, 1.165) is 32.1 Å². The smallest absolute Gasteiger partial charge is 0.161 e. The summed E-state index contributed by atoms with van der Waals surface area (Å²) >= 11 is 0. The fraction of sp³-hybridized carbons (Fsp3) is 0.905. The lowest BCUT2D eigenvalue weighted by Crippen LogP contribution is -2.59. The highest BCUT2D eigenvalue weighted by atomic mass is 16.3. The zero-order chi connectivity index (χ0) is 18.0. The van der Waals surface area contributed by atoms with Gasteiger partial charge in [0.25, 0.3) is 0 Å². The molecule has 25 heavy (non-hydrogen) atoms. The maximum absolute atomic E-state index is 12.3. The summed E-state index contributed by atoms with van der Waals surface area (Å²) in [6.07, 6.45) is 6.62. The summed E-state index contributed by atoms with van der Waals surface area (Å²) in [5.74, 6) is 1.86. The Morgan fingerprint density at radius 2 is 1.92 bits per heavy atom. The first-order valence-electron chi connectivity index (χ1n) is 10.1. The van der Waals surface area contributed by atoms with Crippen molar-refractivity contribution in [3.63, 3.8) is 0 Å². The molecule has 0 radical (unpaired) electrons. The van der Waals surface area contributed by atoms with Crippen molar-refractivity contribution in [3.05, 3.63) is 0 Å². The molecule has 0 aromatic carbocycles. The van der Waals surface area contributed by atoms with E-state index in [4.69, 9.17) is 0 Å². The highest BCUT2D eigenvalue weighted by molar-refractivity contribution is 5.83. The lowest BCUT2D eigenvalue weighted by atomic mass is 9.44. The third-order valence-corrected chi connectivity index (χ3v) is 8.95. The Labute approximate surface area is 150 Å². The van der Waals surface area contributed by atoms with Gasteiger partial charge in [0.2, 0.25) is 0 Å². The standard InChI is InChI=1S/C21H32O4/c1-20-8-7-13(23)9-12(20)3-4-14-15-5-6-16(18(25)11-22)21(15,2)10-17(24)19(14)20/h12,14-17,19,22,24H,3-11H2,1-2H3/t12?,14-,15-,16+,17-,19+,20-,21-/m0/s1. The van der Waals surface area contributed by atoms with Gasteiger partial charge in [0.05, 0.1) is 6.10 Å². The van der Waals surface area contributed by atoms with Crippen LogP contribution in [-0.4, -0.2) is 34.5 Å². The van der Waals surface area contributed by atoms with Gasteiger partial charge in [0, 0.05) is 18.8 Å². The summed E-state index contributed by atoms with van der Waals surface area (Å²) in [5.41, 5.74) is -0.106. The number of carbonyl (C=O) groups is 2. The van der Waals surface area contributed by atoms with E-state index in [-0.39, 0.29) is 41.2 Å². The van der Waals surface area contributed by atoms with Crippen LogP contribution in [0.5, 0.6) is 0 Å². The molecule has 140 valence electrons. The van der Waals surface area contributed by atoms with E-state index in [1.165, 1.54) is 0 Å². The van der Waals surface area contributed by atoms with E-state index in [1.807, 2.05) is 0 Å².